The quantitative estimate of drug-likeness (QED) is 0.204. The zero-order valence-corrected chi connectivity index (χ0v) is 22.7. The van der Waals surface area contributed by atoms with Gasteiger partial charge < -0.3 is 41.8 Å². The van der Waals surface area contributed by atoms with Gasteiger partial charge in [-0.3, -0.25) is 33.6 Å². The summed E-state index contributed by atoms with van der Waals surface area (Å²) in [4.78, 5) is 101. The molecule has 2 rings (SSSR count). The minimum atomic E-state index is -1.47. The third kappa shape index (κ3) is 9.93. The van der Waals surface area contributed by atoms with Crippen LogP contribution in [0.15, 0.2) is 0 Å². The van der Waals surface area contributed by atoms with Crippen LogP contribution < -0.4 is 32.1 Å². The molecule has 0 aromatic carbocycles. The van der Waals surface area contributed by atoms with Crippen molar-refractivity contribution in [2.75, 3.05) is 13.1 Å². The molecule has 40 heavy (non-hydrogen) atoms. The molecule has 2 aliphatic heterocycles. The molecule has 6 N–H and O–H groups in total. The van der Waals surface area contributed by atoms with Crippen LogP contribution in [-0.4, -0.2) is 89.4 Å². The predicted octanol–water partition coefficient (Wildman–Crippen LogP) is -3.64. The first-order chi connectivity index (χ1) is 18.8. The second kappa shape index (κ2) is 14.9. The Morgan fingerprint density at radius 2 is 1.62 bits per heavy atom. The molecule has 222 valence electrons. The molecule has 2 fully saturated rings. The number of rotatable bonds is 7. The van der Waals surface area contributed by atoms with Crippen molar-refractivity contribution in [3.8, 4) is 0 Å². The van der Waals surface area contributed by atoms with E-state index in [0.717, 1.165) is 0 Å². The highest BCUT2D eigenvalue weighted by Gasteiger charge is 2.38. The van der Waals surface area contributed by atoms with Crippen LogP contribution >= 0.6 is 0 Å². The van der Waals surface area contributed by atoms with E-state index in [1.165, 1.54) is 4.90 Å². The summed E-state index contributed by atoms with van der Waals surface area (Å²) in [7, 11) is 0. The van der Waals surface area contributed by atoms with Crippen LogP contribution in [0, 0.1) is 5.92 Å². The molecular weight excluding hydrogens is 528 g/mol. The van der Waals surface area contributed by atoms with E-state index >= 15 is 0 Å². The monoisotopic (exact) mass is 565 g/mol. The van der Waals surface area contributed by atoms with Crippen LogP contribution in [0.2, 0.25) is 0 Å². The van der Waals surface area contributed by atoms with Crippen LogP contribution in [0.5, 0.6) is 0 Å². The standard InChI is InChI=1S/C25H38N6O9/c1-13(2)10-15-24(39)30-16(11-19(26)33)23(38)27-12-21(35)28-14(5-8-22(36)37)25(40)31-9-3-4-17(31)18(32)6-7-20(34)29-15/h13-17H,3-12H2,1-2H3,(H2,26,33)(H,27,38)(H,28,35)(H,29,34)(H,30,39)(H,36,37)/p-1/t14-,15-,16-,17-/m0/s1. The fraction of sp³-hybridized carbons (Fsp3) is 0.680. The van der Waals surface area contributed by atoms with Gasteiger partial charge in [-0.1, -0.05) is 13.8 Å². The maximum absolute atomic E-state index is 13.3. The molecule has 2 heterocycles. The van der Waals surface area contributed by atoms with Crippen molar-refractivity contribution in [1.82, 2.24) is 26.2 Å². The first-order valence-corrected chi connectivity index (χ1v) is 13.3. The maximum atomic E-state index is 13.3. The van der Waals surface area contributed by atoms with E-state index in [2.05, 4.69) is 21.3 Å². The second-order valence-electron chi connectivity index (χ2n) is 10.4. The van der Waals surface area contributed by atoms with Gasteiger partial charge >= 0.3 is 0 Å². The third-order valence-corrected chi connectivity index (χ3v) is 6.60. The van der Waals surface area contributed by atoms with Crippen molar-refractivity contribution in [2.45, 2.75) is 89.4 Å². The minimum Gasteiger partial charge on any atom is -0.550 e. The van der Waals surface area contributed by atoms with Crippen molar-refractivity contribution in [3.05, 3.63) is 0 Å². The summed E-state index contributed by atoms with van der Waals surface area (Å²) in [5.74, 6) is -6.58. The van der Waals surface area contributed by atoms with Gasteiger partial charge in [-0.05, 0) is 38.0 Å². The van der Waals surface area contributed by atoms with Gasteiger partial charge in [0.25, 0.3) is 0 Å². The number of aliphatic carboxylic acids is 1. The summed E-state index contributed by atoms with van der Waals surface area (Å²) >= 11 is 0. The summed E-state index contributed by atoms with van der Waals surface area (Å²) in [5.41, 5.74) is 5.23. The second-order valence-corrected chi connectivity index (χ2v) is 10.4. The lowest BCUT2D eigenvalue weighted by Gasteiger charge is -2.29. The number of Topliss-reactive ketones (excluding diaryl/α,β-unsaturated/α-hetero) is 1. The number of amides is 6. The Morgan fingerprint density at radius 3 is 2.25 bits per heavy atom. The van der Waals surface area contributed by atoms with E-state index in [0.29, 0.717) is 12.8 Å². The van der Waals surface area contributed by atoms with E-state index in [1.807, 2.05) is 13.8 Å². The number of primary amides is 1. The Labute approximate surface area is 231 Å². The number of carboxylic acid groups (broad SMARTS) is 1. The largest absolute Gasteiger partial charge is 0.550 e. The number of carbonyl (C=O) groups is 8. The number of nitrogens with two attached hydrogens (primary N) is 1. The van der Waals surface area contributed by atoms with Gasteiger partial charge in [-0.25, -0.2) is 0 Å². The molecular formula is C25H37N6O9-. The lowest BCUT2D eigenvalue weighted by Crippen LogP contribution is -2.57. The van der Waals surface area contributed by atoms with Crippen LogP contribution in [0.3, 0.4) is 0 Å². The van der Waals surface area contributed by atoms with Crippen molar-refractivity contribution in [2.24, 2.45) is 11.7 Å². The lowest BCUT2D eigenvalue weighted by molar-refractivity contribution is -0.305. The summed E-state index contributed by atoms with van der Waals surface area (Å²) in [6, 6.07) is -4.73. The number of nitrogens with one attached hydrogen (secondary N) is 4. The Bertz CT molecular complexity index is 1030. The van der Waals surface area contributed by atoms with Crippen molar-refractivity contribution < 1.29 is 43.5 Å². The van der Waals surface area contributed by atoms with Gasteiger partial charge in [0.2, 0.25) is 35.4 Å². The van der Waals surface area contributed by atoms with E-state index in [-0.39, 0.29) is 43.9 Å². The van der Waals surface area contributed by atoms with Gasteiger partial charge in [0, 0.05) is 25.4 Å². The Kier molecular flexibility index (Phi) is 12.0. The molecule has 15 nitrogen and oxygen atoms in total. The average Bonchev–Trinajstić information content (AvgIpc) is 3.36. The van der Waals surface area contributed by atoms with Crippen molar-refractivity contribution in [3.63, 3.8) is 0 Å². The Hall–Kier alpha value is -4.04. The van der Waals surface area contributed by atoms with E-state index < -0.39 is 85.0 Å². The Morgan fingerprint density at radius 1 is 0.950 bits per heavy atom. The molecule has 0 spiro atoms. The van der Waals surface area contributed by atoms with Crippen molar-refractivity contribution in [1.29, 1.82) is 0 Å². The number of carbonyl (C=O) groups excluding carboxylic acids is 8. The summed E-state index contributed by atoms with van der Waals surface area (Å²) in [6.07, 6.45) is -0.949. The van der Waals surface area contributed by atoms with Gasteiger partial charge in [0.1, 0.15) is 18.1 Å². The van der Waals surface area contributed by atoms with Crippen molar-refractivity contribution >= 4 is 47.2 Å². The highest BCUT2D eigenvalue weighted by Crippen LogP contribution is 2.22. The molecule has 2 saturated heterocycles. The lowest BCUT2D eigenvalue weighted by atomic mass is 10.0. The average molecular weight is 566 g/mol. The highest BCUT2D eigenvalue weighted by molar-refractivity contribution is 5.98. The van der Waals surface area contributed by atoms with Crippen LogP contribution in [0.25, 0.3) is 0 Å². The molecule has 0 bridgehead atoms. The maximum Gasteiger partial charge on any atom is 0.245 e. The normalized spacial score (nSPS) is 25.7. The third-order valence-electron chi connectivity index (χ3n) is 6.60. The van der Waals surface area contributed by atoms with Crippen LogP contribution in [0.1, 0.15) is 65.2 Å². The van der Waals surface area contributed by atoms with Crippen LogP contribution in [0.4, 0.5) is 0 Å². The molecule has 0 saturated carbocycles. The number of hydrogen-bond donors (Lipinski definition) is 5. The molecule has 6 amide bonds. The predicted molar refractivity (Wildman–Crippen MR) is 135 cm³/mol. The summed E-state index contributed by atoms with van der Waals surface area (Å²) in [6.45, 7) is 3.15. The van der Waals surface area contributed by atoms with E-state index in [1.54, 1.807) is 0 Å². The van der Waals surface area contributed by atoms with Gasteiger partial charge in [0.15, 0.2) is 5.78 Å². The fourth-order valence-corrected chi connectivity index (χ4v) is 4.68. The number of carboxylic acids is 1. The first-order valence-electron chi connectivity index (χ1n) is 13.3. The van der Waals surface area contributed by atoms with Gasteiger partial charge in [-0.2, -0.15) is 0 Å². The smallest absolute Gasteiger partial charge is 0.245 e. The summed E-state index contributed by atoms with van der Waals surface area (Å²) < 4.78 is 0. The number of nitrogens with zero attached hydrogens (tertiary/aromatic N) is 1. The van der Waals surface area contributed by atoms with E-state index in [4.69, 9.17) is 5.73 Å². The molecule has 15 heteroatoms. The molecule has 2 aliphatic rings. The fourth-order valence-electron chi connectivity index (χ4n) is 4.68. The topological polar surface area (TPSA) is 237 Å². The molecule has 0 radical (unpaired) electrons. The SMILES string of the molecule is CC(C)C[C@@H]1NC(=O)CCC(=O)[C@@H]2CCCN2C(=O)[C@H](CCC(=O)[O-])NC(=O)CNC(=O)[C@H](CC(N)=O)NC1=O. The Balaban J connectivity index is 2.36. The van der Waals surface area contributed by atoms with Gasteiger partial charge in [0.05, 0.1) is 19.0 Å². The summed E-state index contributed by atoms with van der Waals surface area (Å²) in [5, 5.41) is 20.6. The van der Waals surface area contributed by atoms with Gasteiger partial charge in [-0.15, -0.1) is 0 Å². The number of hydrogen-bond acceptors (Lipinski definition) is 9. The van der Waals surface area contributed by atoms with E-state index in [9.17, 15) is 43.5 Å². The zero-order chi connectivity index (χ0) is 30.0. The minimum absolute atomic E-state index is 0.0504. The molecule has 0 aromatic heterocycles. The van der Waals surface area contributed by atoms with Crippen LogP contribution in [-0.2, 0) is 38.4 Å². The molecule has 0 unspecified atom stereocenters. The zero-order valence-electron chi connectivity index (χ0n) is 22.7. The molecule has 0 aromatic rings. The molecule has 4 atom stereocenters. The number of ketones is 1. The molecule has 0 aliphatic carbocycles. The highest BCUT2D eigenvalue weighted by atomic mass is 16.4. The number of fused-ring (bicyclic) bond motifs is 1. The first kappa shape index (κ1) is 32.2.